The van der Waals surface area contributed by atoms with E-state index >= 15 is 0 Å². The highest BCUT2D eigenvalue weighted by Gasteiger charge is 2.27. The van der Waals surface area contributed by atoms with Crippen molar-refractivity contribution in [3.05, 3.63) is 17.5 Å². The summed E-state index contributed by atoms with van der Waals surface area (Å²) in [4.78, 5) is 12.4. The number of aromatic nitrogens is 1. The molecule has 1 fully saturated rings. The van der Waals surface area contributed by atoms with Crippen LogP contribution in [0.15, 0.2) is 10.6 Å². The summed E-state index contributed by atoms with van der Waals surface area (Å²) in [6.07, 6.45) is 6.53. The standard InChI is InChI=1S/C17H28N2O3/c1-17(2,3)15-11-14(19-22-15)16(21)18-13(9-10-20)12-7-5-4-6-8-12/h11-13,20H,4-10H2,1-3H3,(H,18,21). The van der Waals surface area contributed by atoms with Gasteiger partial charge in [-0.15, -0.1) is 0 Å². The Morgan fingerprint density at radius 1 is 1.41 bits per heavy atom. The molecule has 0 spiro atoms. The summed E-state index contributed by atoms with van der Waals surface area (Å²) in [6.45, 7) is 6.15. The highest BCUT2D eigenvalue weighted by atomic mass is 16.5. The topological polar surface area (TPSA) is 75.4 Å². The van der Waals surface area contributed by atoms with Crippen LogP contribution in [0.3, 0.4) is 0 Å². The molecule has 1 heterocycles. The molecule has 1 aliphatic carbocycles. The summed E-state index contributed by atoms with van der Waals surface area (Å²) >= 11 is 0. The molecule has 1 unspecified atom stereocenters. The first-order valence-electron chi connectivity index (χ1n) is 8.30. The van der Waals surface area contributed by atoms with Crippen molar-refractivity contribution in [3.8, 4) is 0 Å². The number of hydrogen-bond acceptors (Lipinski definition) is 4. The zero-order chi connectivity index (χ0) is 16.2. The van der Waals surface area contributed by atoms with Crippen molar-refractivity contribution in [1.82, 2.24) is 10.5 Å². The first-order valence-corrected chi connectivity index (χ1v) is 8.30. The van der Waals surface area contributed by atoms with E-state index in [1.165, 1.54) is 19.3 Å². The van der Waals surface area contributed by atoms with Gasteiger partial charge in [-0.25, -0.2) is 0 Å². The molecule has 124 valence electrons. The fourth-order valence-corrected chi connectivity index (χ4v) is 3.08. The third kappa shape index (κ3) is 4.32. The second-order valence-electron chi connectivity index (χ2n) is 7.32. The lowest BCUT2D eigenvalue weighted by Gasteiger charge is -2.30. The Labute approximate surface area is 132 Å². The van der Waals surface area contributed by atoms with Crippen molar-refractivity contribution in [1.29, 1.82) is 0 Å². The average Bonchev–Trinajstić information content (AvgIpc) is 2.98. The van der Waals surface area contributed by atoms with Gasteiger partial charge in [0.1, 0.15) is 5.76 Å². The van der Waals surface area contributed by atoms with Gasteiger partial charge < -0.3 is 14.9 Å². The van der Waals surface area contributed by atoms with E-state index in [1.54, 1.807) is 6.07 Å². The van der Waals surface area contributed by atoms with E-state index < -0.39 is 0 Å². The molecule has 1 aromatic rings. The van der Waals surface area contributed by atoms with Gasteiger partial charge in [0.15, 0.2) is 5.69 Å². The van der Waals surface area contributed by atoms with Gasteiger partial charge in [0.05, 0.1) is 0 Å². The lowest BCUT2D eigenvalue weighted by molar-refractivity contribution is 0.0890. The largest absolute Gasteiger partial charge is 0.396 e. The van der Waals surface area contributed by atoms with Crippen LogP contribution in [0, 0.1) is 5.92 Å². The van der Waals surface area contributed by atoms with Crippen LogP contribution in [-0.4, -0.2) is 28.8 Å². The Balaban J connectivity index is 2.02. The van der Waals surface area contributed by atoms with Gasteiger partial charge in [0.25, 0.3) is 5.91 Å². The minimum Gasteiger partial charge on any atom is -0.396 e. The van der Waals surface area contributed by atoms with Crippen LogP contribution < -0.4 is 5.32 Å². The van der Waals surface area contributed by atoms with Crippen molar-refractivity contribution in [2.75, 3.05) is 6.61 Å². The van der Waals surface area contributed by atoms with Gasteiger partial charge in [0, 0.05) is 24.1 Å². The summed E-state index contributed by atoms with van der Waals surface area (Å²) in [5, 5.41) is 16.2. The van der Waals surface area contributed by atoms with E-state index in [-0.39, 0.29) is 24.0 Å². The Kier molecular flexibility index (Phi) is 5.62. The summed E-state index contributed by atoms with van der Waals surface area (Å²) in [6, 6.07) is 1.74. The number of nitrogens with one attached hydrogen (secondary N) is 1. The Hall–Kier alpha value is -1.36. The lowest BCUT2D eigenvalue weighted by atomic mass is 9.82. The molecule has 2 rings (SSSR count). The first kappa shape index (κ1) is 17.0. The molecule has 1 amide bonds. The minimum absolute atomic E-state index is 0.0209. The highest BCUT2D eigenvalue weighted by Crippen LogP contribution is 2.28. The van der Waals surface area contributed by atoms with Gasteiger partial charge in [-0.1, -0.05) is 45.2 Å². The number of hydrogen-bond donors (Lipinski definition) is 2. The maximum atomic E-state index is 12.4. The number of carbonyl (C=O) groups excluding carboxylic acids is 1. The van der Waals surface area contributed by atoms with Gasteiger partial charge >= 0.3 is 0 Å². The molecule has 1 saturated carbocycles. The molecule has 2 N–H and O–H groups in total. The average molecular weight is 308 g/mol. The number of nitrogens with zero attached hydrogens (tertiary/aromatic N) is 1. The number of aliphatic hydroxyl groups is 1. The third-order valence-electron chi connectivity index (χ3n) is 4.46. The molecule has 0 radical (unpaired) electrons. The van der Waals surface area contributed by atoms with Crippen LogP contribution in [0.2, 0.25) is 0 Å². The van der Waals surface area contributed by atoms with Crippen LogP contribution in [0.5, 0.6) is 0 Å². The summed E-state index contributed by atoms with van der Waals surface area (Å²) in [5.41, 5.74) is 0.156. The van der Waals surface area contributed by atoms with Crippen LogP contribution in [0.25, 0.3) is 0 Å². The zero-order valence-corrected chi connectivity index (χ0v) is 13.9. The molecular weight excluding hydrogens is 280 g/mol. The van der Waals surface area contributed by atoms with Crippen molar-refractivity contribution < 1.29 is 14.4 Å². The summed E-state index contributed by atoms with van der Waals surface area (Å²) < 4.78 is 5.28. The third-order valence-corrected chi connectivity index (χ3v) is 4.46. The molecule has 0 aliphatic heterocycles. The number of rotatable bonds is 5. The number of aliphatic hydroxyl groups excluding tert-OH is 1. The smallest absolute Gasteiger partial charge is 0.273 e. The van der Waals surface area contributed by atoms with Crippen LogP contribution in [0.1, 0.15) is 75.5 Å². The molecule has 1 atom stereocenters. The Bertz CT molecular complexity index is 484. The van der Waals surface area contributed by atoms with Crippen LogP contribution in [-0.2, 0) is 5.41 Å². The normalized spacial score (nSPS) is 18.2. The summed E-state index contributed by atoms with van der Waals surface area (Å²) in [5.74, 6) is 0.955. The van der Waals surface area contributed by atoms with Gasteiger partial charge in [-0.2, -0.15) is 0 Å². The van der Waals surface area contributed by atoms with E-state index in [0.717, 1.165) is 12.8 Å². The van der Waals surface area contributed by atoms with Crippen molar-refractivity contribution >= 4 is 5.91 Å². The number of amides is 1. The van der Waals surface area contributed by atoms with Crippen molar-refractivity contribution in [2.24, 2.45) is 5.92 Å². The van der Waals surface area contributed by atoms with Crippen molar-refractivity contribution in [3.63, 3.8) is 0 Å². The maximum absolute atomic E-state index is 12.4. The van der Waals surface area contributed by atoms with Crippen molar-refractivity contribution in [2.45, 2.75) is 70.8 Å². The minimum atomic E-state index is -0.205. The van der Waals surface area contributed by atoms with E-state index in [4.69, 9.17) is 4.52 Å². The molecule has 0 bridgehead atoms. The van der Waals surface area contributed by atoms with Gasteiger partial charge in [0.2, 0.25) is 0 Å². The predicted octanol–water partition coefficient (Wildman–Crippen LogP) is 3.03. The second-order valence-corrected chi connectivity index (χ2v) is 7.32. The molecule has 0 saturated heterocycles. The monoisotopic (exact) mass is 308 g/mol. The molecular formula is C17H28N2O3. The summed E-state index contributed by atoms with van der Waals surface area (Å²) in [7, 11) is 0. The number of carbonyl (C=O) groups is 1. The molecule has 0 aromatic carbocycles. The van der Waals surface area contributed by atoms with Crippen LogP contribution >= 0.6 is 0 Å². The molecule has 1 aromatic heterocycles. The van der Waals surface area contributed by atoms with Gasteiger partial charge in [-0.05, 0) is 25.2 Å². The van der Waals surface area contributed by atoms with E-state index in [9.17, 15) is 9.90 Å². The van der Waals surface area contributed by atoms with Gasteiger partial charge in [-0.3, -0.25) is 4.79 Å². The van der Waals surface area contributed by atoms with E-state index in [2.05, 4.69) is 10.5 Å². The molecule has 5 nitrogen and oxygen atoms in total. The second kappa shape index (κ2) is 7.27. The highest BCUT2D eigenvalue weighted by molar-refractivity contribution is 5.92. The quantitative estimate of drug-likeness (QED) is 0.876. The fraction of sp³-hybridized carbons (Fsp3) is 0.765. The van der Waals surface area contributed by atoms with Crippen LogP contribution in [0.4, 0.5) is 0 Å². The predicted molar refractivity (Wildman–Crippen MR) is 84.7 cm³/mol. The molecule has 5 heteroatoms. The zero-order valence-electron chi connectivity index (χ0n) is 13.9. The molecule has 22 heavy (non-hydrogen) atoms. The SMILES string of the molecule is CC(C)(C)c1cc(C(=O)NC(CCO)C2CCCCC2)no1. The first-order chi connectivity index (χ1) is 10.4. The van der Waals surface area contributed by atoms with E-state index in [0.29, 0.717) is 23.8 Å². The fourth-order valence-electron chi connectivity index (χ4n) is 3.08. The molecule has 1 aliphatic rings. The maximum Gasteiger partial charge on any atom is 0.273 e. The lowest BCUT2D eigenvalue weighted by Crippen LogP contribution is -2.41. The Morgan fingerprint density at radius 2 is 2.09 bits per heavy atom. The van der Waals surface area contributed by atoms with E-state index in [1.807, 2.05) is 20.8 Å². The Morgan fingerprint density at radius 3 is 2.64 bits per heavy atom.